The lowest BCUT2D eigenvalue weighted by molar-refractivity contribution is -0.192. The molecule has 1 aliphatic heterocycles. The third-order valence-corrected chi connectivity index (χ3v) is 4.30. The van der Waals surface area contributed by atoms with Crippen molar-refractivity contribution in [1.82, 2.24) is 19.7 Å². The molecule has 28 heavy (non-hydrogen) atoms. The Labute approximate surface area is 159 Å². The number of carboxylic acid groups (broad SMARTS) is 1. The molecule has 0 spiro atoms. The molecule has 11 heteroatoms. The first-order chi connectivity index (χ1) is 13.1. The van der Waals surface area contributed by atoms with Gasteiger partial charge in [-0.25, -0.2) is 14.5 Å². The van der Waals surface area contributed by atoms with E-state index in [0.717, 1.165) is 38.2 Å². The molecule has 1 aromatic heterocycles. The van der Waals surface area contributed by atoms with Crippen LogP contribution in [-0.4, -0.2) is 67.3 Å². The summed E-state index contributed by atoms with van der Waals surface area (Å²) in [5.41, 5.74) is 7.96. The van der Waals surface area contributed by atoms with Gasteiger partial charge in [0.15, 0.2) is 0 Å². The van der Waals surface area contributed by atoms with E-state index in [2.05, 4.69) is 21.0 Å². The van der Waals surface area contributed by atoms with Crippen LogP contribution >= 0.6 is 0 Å². The van der Waals surface area contributed by atoms with Gasteiger partial charge in [-0.1, -0.05) is 18.2 Å². The summed E-state index contributed by atoms with van der Waals surface area (Å²) in [5, 5.41) is 20.8. The largest absolute Gasteiger partial charge is 0.490 e. The third kappa shape index (κ3) is 6.01. The van der Waals surface area contributed by atoms with Crippen LogP contribution < -0.4 is 5.73 Å². The summed E-state index contributed by atoms with van der Waals surface area (Å²) in [6, 6.07) is 8.16. The fourth-order valence-electron chi connectivity index (χ4n) is 2.96. The van der Waals surface area contributed by atoms with E-state index < -0.39 is 17.7 Å². The molecule has 1 atom stereocenters. The standard InChI is InChI=1S/C15H21N5O.C2HF3O2/c16-15(10-21)6-3-7-19(9-15)8-13-4-1-2-5-14(13)20-12-17-11-18-20;3-2(4,5)1(6)7/h1-2,4-5,11-12,21H,3,6-10,16H2;(H,6,7). The molecule has 8 nitrogen and oxygen atoms in total. The predicted octanol–water partition coefficient (Wildman–Crippen LogP) is 1.19. The highest BCUT2D eigenvalue weighted by molar-refractivity contribution is 5.73. The summed E-state index contributed by atoms with van der Waals surface area (Å²) in [5.74, 6) is -2.76. The van der Waals surface area contributed by atoms with Gasteiger partial charge in [0.25, 0.3) is 0 Å². The number of piperidine rings is 1. The Kier molecular flexibility index (Phi) is 7.11. The number of carboxylic acids is 1. The number of nitrogens with two attached hydrogens (primary N) is 1. The number of para-hydroxylation sites is 1. The topological polar surface area (TPSA) is 118 Å². The molecule has 0 radical (unpaired) electrons. The third-order valence-electron chi connectivity index (χ3n) is 4.30. The first-order valence-electron chi connectivity index (χ1n) is 8.50. The summed E-state index contributed by atoms with van der Waals surface area (Å²) >= 11 is 0. The number of alkyl halides is 3. The Morgan fingerprint density at radius 3 is 2.57 bits per heavy atom. The number of aliphatic hydroxyl groups excluding tert-OH is 1. The van der Waals surface area contributed by atoms with Gasteiger partial charge in [0.1, 0.15) is 12.7 Å². The van der Waals surface area contributed by atoms with Crippen LogP contribution in [-0.2, 0) is 11.3 Å². The van der Waals surface area contributed by atoms with E-state index in [0.29, 0.717) is 0 Å². The molecule has 1 saturated heterocycles. The molecule has 1 aliphatic rings. The predicted molar refractivity (Wildman–Crippen MR) is 93.6 cm³/mol. The lowest BCUT2D eigenvalue weighted by Crippen LogP contribution is -2.56. The van der Waals surface area contributed by atoms with Gasteiger partial charge in [0, 0.05) is 13.1 Å². The molecule has 0 saturated carbocycles. The molecule has 2 heterocycles. The van der Waals surface area contributed by atoms with Crippen molar-refractivity contribution >= 4 is 5.97 Å². The van der Waals surface area contributed by atoms with Crippen molar-refractivity contribution in [1.29, 1.82) is 0 Å². The van der Waals surface area contributed by atoms with Gasteiger partial charge in [0.05, 0.1) is 17.8 Å². The number of aliphatic carboxylic acids is 1. The number of hydrogen-bond donors (Lipinski definition) is 3. The average molecular weight is 401 g/mol. The smallest absolute Gasteiger partial charge is 0.475 e. The Morgan fingerprint density at radius 2 is 2.00 bits per heavy atom. The van der Waals surface area contributed by atoms with E-state index in [1.165, 1.54) is 11.9 Å². The SMILES string of the molecule is NC1(CO)CCCN(Cc2ccccc2-n2cncn2)C1.O=C(O)C(F)(F)F. The van der Waals surface area contributed by atoms with Gasteiger partial charge in [-0.15, -0.1) is 0 Å². The summed E-state index contributed by atoms with van der Waals surface area (Å²) in [6.45, 7) is 2.56. The number of hydrogen-bond acceptors (Lipinski definition) is 6. The second-order valence-corrected chi connectivity index (χ2v) is 6.61. The summed E-state index contributed by atoms with van der Waals surface area (Å²) in [7, 11) is 0. The zero-order valence-corrected chi connectivity index (χ0v) is 15.0. The van der Waals surface area contributed by atoms with Crippen LogP contribution in [0.25, 0.3) is 5.69 Å². The summed E-state index contributed by atoms with van der Waals surface area (Å²) < 4.78 is 33.5. The molecule has 1 fully saturated rings. The molecule has 4 N–H and O–H groups in total. The minimum Gasteiger partial charge on any atom is -0.475 e. The first kappa shape index (κ1) is 21.8. The van der Waals surface area contributed by atoms with Gasteiger partial charge in [-0.05, 0) is 31.0 Å². The zero-order chi connectivity index (χ0) is 20.8. The lowest BCUT2D eigenvalue weighted by atomic mass is 9.91. The Morgan fingerprint density at radius 1 is 1.32 bits per heavy atom. The molecule has 0 amide bonds. The van der Waals surface area contributed by atoms with Crippen molar-refractivity contribution in [3.8, 4) is 5.69 Å². The van der Waals surface area contributed by atoms with Crippen LogP contribution in [0.5, 0.6) is 0 Å². The van der Waals surface area contributed by atoms with Crippen molar-refractivity contribution < 1.29 is 28.2 Å². The number of aromatic nitrogens is 3. The molecule has 1 aromatic carbocycles. The number of carbonyl (C=O) groups is 1. The van der Waals surface area contributed by atoms with Crippen LogP contribution in [0.2, 0.25) is 0 Å². The fourth-order valence-corrected chi connectivity index (χ4v) is 2.96. The maximum atomic E-state index is 10.6. The molecular weight excluding hydrogens is 379 g/mol. The minimum absolute atomic E-state index is 0.0359. The maximum absolute atomic E-state index is 10.6. The van der Waals surface area contributed by atoms with Crippen LogP contribution in [0.3, 0.4) is 0 Å². The van der Waals surface area contributed by atoms with Crippen molar-refractivity contribution in [2.24, 2.45) is 5.73 Å². The average Bonchev–Trinajstić information content (AvgIpc) is 3.16. The molecule has 0 bridgehead atoms. The number of rotatable bonds is 4. The van der Waals surface area contributed by atoms with Crippen molar-refractivity contribution in [2.75, 3.05) is 19.7 Å². The number of halogens is 3. The molecular formula is C17H22F3N5O3. The number of benzene rings is 1. The van der Waals surface area contributed by atoms with Crippen molar-refractivity contribution in [3.63, 3.8) is 0 Å². The molecule has 154 valence electrons. The minimum atomic E-state index is -5.08. The van der Waals surface area contributed by atoms with Gasteiger partial charge < -0.3 is 15.9 Å². The first-order valence-corrected chi connectivity index (χ1v) is 8.50. The summed E-state index contributed by atoms with van der Waals surface area (Å²) in [4.78, 5) is 15.2. The Hall–Kier alpha value is -2.50. The summed E-state index contributed by atoms with van der Waals surface area (Å²) in [6.07, 6.45) is 0.0532. The second-order valence-electron chi connectivity index (χ2n) is 6.61. The Balaban J connectivity index is 0.000000345. The van der Waals surface area contributed by atoms with E-state index in [4.69, 9.17) is 15.6 Å². The fraction of sp³-hybridized carbons (Fsp3) is 0.471. The highest BCUT2D eigenvalue weighted by Crippen LogP contribution is 2.22. The van der Waals surface area contributed by atoms with E-state index in [1.807, 2.05) is 18.2 Å². The van der Waals surface area contributed by atoms with Gasteiger partial charge in [0.2, 0.25) is 0 Å². The van der Waals surface area contributed by atoms with Crippen LogP contribution in [0.1, 0.15) is 18.4 Å². The van der Waals surface area contributed by atoms with Gasteiger partial charge in [-0.2, -0.15) is 18.3 Å². The van der Waals surface area contributed by atoms with Crippen LogP contribution in [0.4, 0.5) is 13.2 Å². The van der Waals surface area contributed by atoms with Crippen LogP contribution in [0.15, 0.2) is 36.9 Å². The highest BCUT2D eigenvalue weighted by atomic mass is 19.4. The maximum Gasteiger partial charge on any atom is 0.490 e. The van der Waals surface area contributed by atoms with E-state index >= 15 is 0 Å². The number of nitrogens with zero attached hydrogens (tertiary/aromatic N) is 4. The molecule has 1 unspecified atom stereocenters. The number of likely N-dealkylation sites (tertiary alicyclic amines) is 1. The zero-order valence-electron chi connectivity index (χ0n) is 15.0. The van der Waals surface area contributed by atoms with Crippen molar-refractivity contribution in [2.45, 2.75) is 31.1 Å². The monoisotopic (exact) mass is 401 g/mol. The van der Waals surface area contributed by atoms with E-state index in [-0.39, 0.29) is 6.61 Å². The van der Waals surface area contributed by atoms with Crippen molar-refractivity contribution in [3.05, 3.63) is 42.5 Å². The molecule has 3 rings (SSSR count). The quantitative estimate of drug-likeness (QED) is 0.704. The van der Waals surface area contributed by atoms with Gasteiger partial charge in [-0.3, -0.25) is 4.90 Å². The van der Waals surface area contributed by atoms with Gasteiger partial charge >= 0.3 is 12.1 Å². The molecule has 0 aliphatic carbocycles. The van der Waals surface area contributed by atoms with Crippen LogP contribution in [0, 0.1) is 0 Å². The van der Waals surface area contributed by atoms with E-state index in [1.54, 1.807) is 11.0 Å². The Bertz CT molecular complexity index is 770. The lowest BCUT2D eigenvalue weighted by Gasteiger charge is -2.39. The van der Waals surface area contributed by atoms with E-state index in [9.17, 15) is 18.3 Å². The molecule has 2 aromatic rings. The number of aliphatic hydroxyl groups is 1. The highest BCUT2D eigenvalue weighted by Gasteiger charge is 2.38. The normalized spacial score (nSPS) is 20.3. The second kappa shape index (κ2) is 9.13.